The third-order valence-electron chi connectivity index (χ3n) is 2.60. The molecule has 15 heavy (non-hydrogen) atoms. The summed E-state index contributed by atoms with van der Waals surface area (Å²) in [7, 11) is 0. The van der Waals surface area contributed by atoms with E-state index in [1.54, 1.807) is 0 Å². The molecule has 0 aromatic rings. The van der Waals surface area contributed by atoms with Crippen LogP contribution in [0.1, 0.15) is 20.3 Å². The number of rotatable bonds is 5. The quantitative estimate of drug-likeness (QED) is 0.716. The normalized spacial score (nSPS) is 21.4. The number of hydrogen-bond acceptors (Lipinski definition) is 4. The minimum absolute atomic E-state index is 0.0773. The van der Waals surface area contributed by atoms with Crippen LogP contribution in [0.2, 0.25) is 0 Å². The fourth-order valence-corrected chi connectivity index (χ4v) is 1.79. The van der Waals surface area contributed by atoms with E-state index in [0.29, 0.717) is 13.1 Å². The van der Waals surface area contributed by atoms with E-state index in [0.717, 1.165) is 6.42 Å². The van der Waals surface area contributed by atoms with Crippen LogP contribution in [0.4, 0.5) is 0 Å². The van der Waals surface area contributed by atoms with Crippen LogP contribution in [0.5, 0.6) is 0 Å². The maximum Gasteiger partial charge on any atom is 0.329 e. The molecule has 5 nitrogen and oxygen atoms in total. The minimum Gasteiger partial charge on any atom is -0.480 e. The summed E-state index contributed by atoms with van der Waals surface area (Å²) in [6.07, 6.45) is 0.783. The first-order valence-corrected chi connectivity index (χ1v) is 5.00. The van der Waals surface area contributed by atoms with Gasteiger partial charge in [-0.3, -0.25) is 4.90 Å². The summed E-state index contributed by atoms with van der Waals surface area (Å²) < 4.78 is 5.25. The number of carboxylic acids is 1. The molecule has 0 bridgehead atoms. The lowest BCUT2D eigenvalue weighted by Crippen LogP contribution is -2.64. The van der Waals surface area contributed by atoms with Crippen molar-refractivity contribution in [1.82, 2.24) is 4.90 Å². The average Bonchev–Trinajstić information content (AvgIpc) is 2.14. The monoisotopic (exact) mass is 212 g/mol. The second-order valence-electron chi connectivity index (χ2n) is 4.09. The molecule has 0 spiro atoms. The van der Waals surface area contributed by atoms with E-state index in [2.05, 4.69) is 6.07 Å². The van der Waals surface area contributed by atoms with Gasteiger partial charge in [0.05, 0.1) is 17.7 Å². The molecule has 1 aliphatic heterocycles. The van der Waals surface area contributed by atoms with Crippen molar-refractivity contribution in [3.8, 4) is 6.07 Å². The lowest BCUT2D eigenvalue weighted by Gasteiger charge is -2.49. The van der Waals surface area contributed by atoms with Crippen LogP contribution in [-0.4, -0.2) is 47.3 Å². The Hall–Kier alpha value is -1.12. The van der Waals surface area contributed by atoms with Crippen molar-refractivity contribution in [2.45, 2.75) is 31.9 Å². The first kappa shape index (κ1) is 12.0. The molecule has 1 aliphatic rings. The molecule has 1 rings (SSSR count). The zero-order chi connectivity index (χ0) is 11.5. The fraction of sp³-hybridized carbons (Fsp3) is 0.800. The van der Waals surface area contributed by atoms with Crippen LogP contribution in [-0.2, 0) is 9.53 Å². The zero-order valence-electron chi connectivity index (χ0n) is 9.06. The number of nitrogens with zero attached hydrogens (tertiary/aromatic N) is 2. The number of nitriles is 1. The van der Waals surface area contributed by atoms with E-state index in [1.807, 2.05) is 18.7 Å². The topological polar surface area (TPSA) is 73.6 Å². The molecule has 1 unspecified atom stereocenters. The number of carbonyl (C=O) groups is 1. The van der Waals surface area contributed by atoms with E-state index >= 15 is 0 Å². The third-order valence-corrected chi connectivity index (χ3v) is 2.60. The van der Waals surface area contributed by atoms with Gasteiger partial charge in [-0.2, -0.15) is 5.26 Å². The number of aliphatic carboxylic acids is 1. The van der Waals surface area contributed by atoms with Gasteiger partial charge in [-0.1, -0.05) is 6.92 Å². The van der Waals surface area contributed by atoms with E-state index < -0.39 is 11.6 Å². The smallest absolute Gasteiger partial charge is 0.329 e. The second kappa shape index (κ2) is 4.60. The molecule has 1 atom stereocenters. The van der Waals surface area contributed by atoms with Crippen molar-refractivity contribution in [3.63, 3.8) is 0 Å². The number of likely N-dealkylation sites (tertiary alicyclic amines) is 1. The van der Waals surface area contributed by atoms with E-state index in [-0.39, 0.29) is 12.6 Å². The van der Waals surface area contributed by atoms with E-state index in [4.69, 9.17) is 15.1 Å². The summed E-state index contributed by atoms with van der Waals surface area (Å²) in [4.78, 5) is 12.3. The maximum atomic E-state index is 10.3. The molecule has 0 amide bonds. The van der Waals surface area contributed by atoms with Crippen LogP contribution in [0.3, 0.4) is 0 Å². The second-order valence-corrected chi connectivity index (χ2v) is 4.09. The first-order valence-electron chi connectivity index (χ1n) is 5.00. The van der Waals surface area contributed by atoms with Crippen LogP contribution >= 0.6 is 0 Å². The largest absolute Gasteiger partial charge is 0.480 e. The van der Waals surface area contributed by atoms with Crippen molar-refractivity contribution in [3.05, 3.63) is 0 Å². The standard InChI is InChI=1S/C10H16N2O3/c1-3-8(4-11)12-6-10(2,7-12)15-5-9(13)14/h8H,3,5-7H2,1-2H3,(H,13,14). The van der Waals surface area contributed by atoms with Crippen LogP contribution in [0.25, 0.3) is 0 Å². The zero-order valence-corrected chi connectivity index (χ0v) is 9.06. The highest BCUT2D eigenvalue weighted by Gasteiger charge is 2.42. The Morgan fingerprint density at radius 2 is 2.33 bits per heavy atom. The molecule has 1 fully saturated rings. The van der Waals surface area contributed by atoms with Crippen molar-refractivity contribution in [1.29, 1.82) is 5.26 Å². The Labute approximate surface area is 89.2 Å². The predicted octanol–water partition coefficient (Wildman–Crippen LogP) is 0.464. The summed E-state index contributed by atoms with van der Waals surface area (Å²) in [5.41, 5.74) is -0.400. The molecule has 0 aromatic heterocycles. The van der Waals surface area contributed by atoms with Crippen molar-refractivity contribution in [2.75, 3.05) is 19.7 Å². The van der Waals surface area contributed by atoms with Crippen LogP contribution < -0.4 is 0 Å². The summed E-state index contributed by atoms with van der Waals surface area (Å²) in [6, 6.07) is 2.13. The van der Waals surface area contributed by atoms with Gasteiger partial charge in [0.25, 0.3) is 0 Å². The summed E-state index contributed by atoms with van der Waals surface area (Å²) >= 11 is 0. The minimum atomic E-state index is -0.956. The summed E-state index contributed by atoms with van der Waals surface area (Å²) in [5, 5.41) is 17.3. The number of hydrogen-bond donors (Lipinski definition) is 1. The fourth-order valence-electron chi connectivity index (χ4n) is 1.79. The van der Waals surface area contributed by atoms with Crippen molar-refractivity contribution in [2.24, 2.45) is 0 Å². The van der Waals surface area contributed by atoms with Crippen LogP contribution in [0, 0.1) is 11.3 Å². The van der Waals surface area contributed by atoms with Gasteiger partial charge in [-0.15, -0.1) is 0 Å². The SMILES string of the molecule is CCC(C#N)N1CC(C)(OCC(=O)O)C1. The van der Waals surface area contributed by atoms with E-state index in [9.17, 15) is 4.79 Å². The highest BCUT2D eigenvalue weighted by Crippen LogP contribution is 2.27. The molecule has 5 heteroatoms. The Bertz CT molecular complexity index is 279. The molecule has 0 aromatic carbocycles. The molecule has 1 heterocycles. The molecular weight excluding hydrogens is 196 g/mol. The highest BCUT2D eigenvalue weighted by molar-refractivity contribution is 5.68. The van der Waals surface area contributed by atoms with Crippen molar-refractivity contribution >= 4 is 5.97 Å². The van der Waals surface area contributed by atoms with Gasteiger partial charge in [0.15, 0.2) is 0 Å². The van der Waals surface area contributed by atoms with Crippen LogP contribution in [0.15, 0.2) is 0 Å². The lowest BCUT2D eigenvalue weighted by atomic mass is 9.93. The lowest BCUT2D eigenvalue weighted by molar-refractivity contribution is -0.167. The third kappa shape index (κ3) is 2.91. The first-order chi connectivity index (χ1) is 7.00. The van der Waals surface area contributed by atoms with Gasteiger partial charge >= 0.3 is 5.97 Å². The average molecular weight is 212 g/mol. The Balaban J connectivity index is 2.34. The van der Waals surface area contributed by atoms with Gasteiger partial charge in [-0.25, -0.2) is 4.79 Å². The van der Waals surface area contributed by atoms with Gasteiger partial charge in [-0.05, 0) is 13.3 Å². The predicted molar refractivity (Wildman–Crippen MR) is 53.3 cm³/mol. The van der Waals surface area contributed by atoms with Gasteiger partial charge in [0, 0.05) is 13.1 Å². The molecule has 0 radical (unpaired) electrons. The van der Waals surface area contributed by atoms with Gasteiger partial charge < -0.3 is 9.84 Å². The van der Waals surface area contributed by atoms with Gasteiger partial charge in [0.1, 0.15) is 6.61 Å². The number of carboxylic acid groups (broad SMARTS) is 1. The van der Waals surface area contributed by atoms with Crippen molar-refractivity contribution < 1.29 is 14.6 Å². The van der Waals surface area contributed by atoms with Gasteiger partial charge in [0.2, 0.25) is 0 Å². The Morgan fingerprint density at radius 1 is 1.73 bits per heavy atom. The molecular formula is C10H16N2O3. The Kier molecular flexibility index (Phi) is 3.66. The summed E-state index contributed by atoms with van der Waals surface area (Å²) in [5.74, 6) is -0.956. The van der Waals surface area contributed by atoms with E-state index in [1.165, 1.54) is 0 Å². The highest BCUT2D eigenvalue weighted by atomic mass is 16.5. The molecule has 0 aliphatic carbocycles. The summed E-state index contributed by atoms with van der Waals surface area (Å²) in [6.45, 7) is 4.82. The Morgan fingerprint density at radius 3 is 2.73 bits per heavy atom. The molecule has 1 saturated heterocycles. The molecule has 0 saturated carbocycles. The molecule has 1 N–H and O–H groups in total. The maximum absolute atomic E-state index is 10.3. The number of ether oxygens (including phenoxy) is 1. The molecule has 84 valence electrons.